The number of ether oxygens (including phenoxy) is 1. The van der Waals surface area contributed by atoms with Gasteiger partial charge in [0, 0.05) is 32.3 Å². The maximum atomic E-state index is 12.0. The van der Waals surface area contributed by atoms with Gasteiger partial charge in [-0.3, -0.25) is 0 Å². The molecule has 0 aromatic heterocycles. The predicted octanol–water partition coefficient (Wildman–Crippen LogP) is 3.00. The molecule has 0 aliphatic heterocycles. The smallest absolute Gasteiger partial charge is 0.216 e. The number of guanidine groups is 1. The van der Waals surface area contributed by atoms with Crippen molar-refractivity contribution >= 4 is 40.0 Å². The van der Waals surface area contributed by atoms with E-state index in [9.17, 15) is 8.42 Å². The predicted molar refractivity (Wildman–Crippen MR) is 134 cm³/mol. The number of hydrogen-bond acceptors (Lipinski definition) is 4. The van der Waals surface area contributed by atoms with Crippen LogP contribution >= 0.6 is 24.0 Å². The molecule has 0 heterocycles. The first-order chi connectivity index (χ1) is 13.9. The SMILES string of the molecule is CCNC(=NCc1ccc(CS(=O)(=O)NC(C)C)cc1)NCCCOCC1CC1.I. The summed E-state index contributed by atoms with van der Waals surface area (Å²) in [5.41, 5.74) is 1.80. The third-order valence-corrected chi connectivity index (χ3v) is 5.91. The minimum absolute atomic E-state index is 0. The molecule has 0 unspecified atom stereocenters. The molecule has 1 saturated carbocycles. The normalized spacial score (nSPS) is 14.5. The van der Waals surface area contributed by atoms with E-state index in [1.807, 2.05) is 45.0 Å². The van der Waals surface area contributed by atoms with E-state index in [-0.39, 0.29) is 35.8 Å². The quantitative estimate of drug-likeness (QED) is 0.152. The van der Waals surface area contributed by atoms with Gasteiger partial charge < -0.3 is 15.4 Å². The summed E-state index contributed by atoms with van der Waals surface area (Å²) in [6.45, 7) is 9.49. The molecule has 0 spiro atoms. The molecule has 0 atom stereocenters. The van der Waals surface area contributed by atoms with Crippen LogP contribution in [0.1, 0.15) is 51.2 Å². The second kappa shape index (κ2) is 14.2. The molecule has 1 fully saturated rings. The first-order valence-corrected chi connectivity index (χ1v) is 12.2. The maximum absolute atomic E-state index is 12.0. The Kier molecular flexibility index (Phi) is 12.8. The molecule has 0 radical (unpaired) electrons. The van der Waals surface area contributed by atoms with Gasteiger partial charge in [0.15, 0.2) is 5.96 Å². The Morgan fingerprint density at radius 3 is 2.43 bits per heavy atom. The molecule has 7 nitrogen and oxygen atoms in total. The van der Waals surface area contributed by atoms with Crippen molar-refractivity contribution in [2.45, 2.75) is 58.4 Å². The molecule has 1 aromatic rings. The first-order valence-electron chi connectivity index (χ1n) is 10.6. The fourth-order valence-electron chi connectivity index (χ4n) is 2.79. The van der Waals surface area contributed by atoms with Gasteiger partial charge in [0.1, 0.15) is 0 Å². The van der Waals surface area contributed by atoms with Crippen molar-refractivity contribution in [2.75, 3.05) is 26.3 Å². The third-order valence-electron chi connectivity index (χ3n) is 4.37. The van der Waals surface area contributed by atoms with Crippen molar-refractivity contribution in [2.24, 2.45) is 10.9 Å². The van der Waals surface area contributed by atoms with E-state index in [0.717, 1.165) is 55.7 Å². The maximum Gasteiger partial charge on any atom is 0.216 e. The largest absolute Gasteiger partial charge is 0.381 e. The van der Waals surface area contributed by atoms with Crippen LogP contribution < -0.4 is 15.4 Å². The van der Waals surface area contributed by atoms with Gasteiger partial charge in [0.05, 0.1) is 12.3 Å². The van der Waals surface area contributed by atoms with Gasteiger partial charge in [-0.25, -0.2) is 18.1 Å². The highest BCUT2D eigenvalue weighted by Gasteiger charge is 2.20. The number of hydrogen-bond donors (Lipinski definition) is 3. The lowest BCUT2D eigenvalue weighted by Crippen LogP contribution is -2.38. The van der Waals surface area contributed by atoms with Crippen molar-refractivity contribution in [3.8, 4) is 0 Å². The molecule has 1 aromatic carbocycles. The van der Waals surface area contributed by atoms with E-state index in [1.54, 1.807) is 0 Å². The second-order valence-electron chi connectivity index (χ2n) is 7.84. The molecule has 30 heavy (non-hydrogen) atoms. The summed E-state index contributed by atoms with van der Waals surface area (Å²) in [5, 5.41) is 6.57. The molecule has 1 aliphatic carbocycles. The average molecular weight is 553 g/mol. The van der Waals surface area contributed by atoms with Crippen LogP contribution in [0.15, 0.2) is 29.3 Å². The van der Waals surface area contributed by atoms with Crippen LogP contribution in [0, 0.1) is 5.92 Å². The zero-order valence-corrected chi connectivity index (χ0v) is 21.5. The number of aliphatic imine (C=N–C) groups is 1. The average Bonchev–Trinajstić information content (AvgIpc) is 3.46. The summed E-state index contributed by atoms with van der Waals surface area (Å²) >= 11 is 0. The summed E-state index contributed by atoms with van der Waals surface area (Å²) in [7, 11) is -3.31. The third kappa shape index (κ3) is 12.1. The van der Waals surface area contributed by atoms with Crippen molar-refractivity contribution in [3.63, 3.8) is 0 Å². The van der Waals surface area contributed by atoms with E-state index in [1.165, 1.54) is 12.8 Å². The highest BCUT2D eigenvalue weighted by Crippen LogP contribution is 2.28. The summed E-state index contributed by atoms with van der Waals surface area (Å²) in [6.07, 6.45) is 3.59. The van der Waals surface area contributed by atoms with Gasteiger partial charge >= 0.3 is 0 Å². The summed E-state index contributed by atoms with van der Waals surface area (Å²) < 4.78 is 32.3. The Bertz CT molecular complexity index is 735. The zero-order valence-electron chi connectivity index (χ0n) is 18.3. The van der Waals surface area contributed by atoms with E-state index >= 15 is 0 Å². The van der Waals surface area contributed by atoms with Crippen LogP contribution in [0.4, 0.5) is 0 Å². The number of nitrogens with zero attached hydrogens (tertiary/aromatic N) is 1. The summed E-state index contributed by atoms with van der Waals surface area (Å²) in [6, 6.07) is 7.46. The highest BCUT2D eigenvalue weighted by atomic mass is 127. The van der Waals surface area contributed by atoms with E-state index < -0.39 is 10.0 Å². The van der Waals surface area contributed by atoms with Crippen LogP contribution in [0.5, 0.6) is 0 Å². The van der Waals surface area contributed by atoms with Crippen molar-refractivity contribution in [1.82, 2.24) is 15.4 Å². The zero-order chi connectivity index (χ0) is 21.1. The topological polar surface area (TPSA) is 91.8 Å². The number of rotatable bonds is 13. The standard InChI is InChI=1S/C21H36N4O3S.HI/c1-4-22-21(23-12-5-13-28-15-19-8-9-19)24-14-18-6-10-20(11-7-18)16-29(26,27)25-17(2)3;/h6-7,10-11,17,19,25H,4-5,8-9,12-16H2,1-3H3,(H2,22,23,24);1H. The van der Waals surface area contributed by atoms with Crippen LogP contribution in [0.25, 0.3) is 0 Å². The molecule has 0 bridgehead atoms. The van der Waals surface area contributed by atoms with Gasteiger partial charge in [-0.1, -0.05) is 24.3 Å². The summed E-state index contributed by atoms with van der Waals surface area (Å²) in [5.74, 6) is 1.57. The Morgan fingerprint density at radius 1 is 1.17 bits per heavy atom. The molecule has 2 rings (SSSR count). The summed E-state index contributed by atoms with van der Waals surface area (Å²) in [4.78, 5) is 4.61. The Labute approximate surface area is 198 Å². The lowest BCUT2D eigenvalue weighted by atomic mass is 10.1. The Balaban J connectivity index is 0.00000450. The number of nitrogens with one attached hydrogen (secondary N) is 3. The minimum atomic E-state index is -3.31. The van der Waals surface area contributed by atoms with Crippen LogP contribution in [-0.2, 0) is 27.1 Å². The fourth-order valence-corrected chi connectivity index (χ4v) is 4.22. The van der Waals surface area contributed by atoms with Crippen LogP contribution in [0.2, 0.25) is 0 Å². The highest BCUT2D eigenvalue weighted by molar-refractivity contribution is 14.0. The molecule has 1 aliphatic rings. The molecule has 0 amide bonds. The van der Waals surface area contributed by atoms with E-state index in [0.29, 0.717) is 6.54 Å². The molecular weight excluding hydrogens is 515 g/mol. The first kappa shape index (κ1) is 27.1. The van der Waals surface area contributed by atoms with Crippen molar-refractivity contribution in [1.29, 1.82) is 0 Å². The number of benzene rings is 1. The van der Waals surface area contributed by atoms with E-state index in [2.05, 4.69) is 20.3 Å². The minimum Gasteiger partial charge on any atom is -0.381 e. The Morgan fingerprint density at radius 2 is 1.83 bits per heavy atom. The van der Waals surface area contributed by atoms with Gasteiger partial charge in [-0.2, -0.15) is 0 Å². The second-order valence-corrected chi connectivity index (χ2v) is 9.60. The van der Waals surface area contributed by atoms with Gasteiger partial charge in [0.2, 0.25) is 10.0 Å². The van der Waals surface area contributed by atoms with Crippen molar-refractivity contribution in [3.05, 3.63) is 35.4 Å². The van der Waals surface area contributed by atoms with Gasteiger partial charge in [-0.05, 0) is 57.1 Å². The number of halogens is 1. The lowest BCUT2D eigenvalue weighted by molar-refractivity contribution is 0.123. The van der Waals surface area contributed by atoms with Gasteiger partial charge in [-0.15, -0.1) is 24.0 Å². The molecule has 0 saturated heterocycles. The molecule has 3 N–H and O–H groups in total. The van der Waals surface area contributed by atoms with Crippen LogP contribution in [-0.4, -0.2) is 46.7 Å². The molecular formula is C21H37IN4O3S. The fraction of sp³-hybridized carbons (Fsp3) is 0.667. The number of sulfonamides is 1. The molecule has 172 valence electrons. The van der Waals surface area contributed by atoms with Gasteiger partial charge in [0.25, 0.3) is 0 Å². The monoisotopic (exact) mass is 552 g/mol. The lowest BCUT2D eigenvalue weighted by Gasteiger charge is -2.12. The molecule has 9 heteroatoms. The van der Waals surface area contributed by atoms with Crippen molar-refractivity contribution < 1.29 is 13.2 Å². The van der Waals surface area contributed by atoms with Crippen LogP contribution in [0.3, 0.4) is 0 Å². The van der Waals surface area contributed by atoms with E-state index in [4.69, 9.17) is 4.74 Å². The Hall–Kier alpha value is -0.910.